The van der Waals surface area contributed by atoms with Crippen LogP contribution < -0.4 is 10.9 Å². The maximum absolute atomic E-state index is 11.9. The van der Waals surface area contributed by atoms with Gasteiger partial charge < -0.3 is 14.6 Å². The second-order valence-corrected chi connectivity index (χ2v) is 7.63. The third-order valence-corrected chi connectivity index (χ3v) is 5.40. The highest BCUT2D eigenvalue weighted by atomic mass is 35.5. The zero-order chi connectivity index (χ0) is 19.6. The first-order chi connectivity index (χ1) is 12.9. The lowest BCUT2D eigenvalue weighted by Crippen LogP contribution is -2.31. The summed E-state index contributed by atoms with van der Waals surface area (Å²) in [5.41, 5.74) is 2.99. The van der Waals surface area contributed by atoms with E-state index in [0.29, 0.717) is 23.7 Å². The van der Waals surface area contributed by atoms with E-state index < -0.39 is 0 Å². The van der Waals surface area contributed by atoms with Crippen molar-refractivity contribution in [2.24, 2.45) is 0 Å². The van der Waals surface area contributed by atoms with Crippen molar-refractivity contribution in [1.29, 1.82) is 0 Å². The Hall–Kier alpha value is -1.85. The predicted octanol–water partition coefficient (Wildman–Crippen LogP) is 4.80. The standard InChI is InChI=1S/C21H22Cl2N2O2/c1-13-8-20-16(10-18(13)23)14(9-21(26)27-20)11-24-12-19(25(2)3)15-6-4-5-7-17(15)22/h4-10,19,24H,11-12H2,1-3H3/t19-/m0/s1. The number of halogens is 2. The van der Waals surface area contributed by atoms with Crippen molar-refractivity contribution in [1.82, 2.24) is 10.2 Å². The molecule has 0 aliphatic carbocycles. The first-order valence-electron chi connectivity index (χ1n) is 8.71. The van der Waals surface area contributed by atoms with Crippen LogP contribution >= 0.6 is 23.2 Å². The van der Waals surface area contributed by atoms with E-state index in [1.54, 1.807) is 6.07 Å². The van der Waals surface area contributed by atoms with E-state index >= 15 is 0 Å². The van der Waals surface area contributed by atoms with Crippen LogP contribution in [-0.2, 0) is 6.54 Å². The summed E-state index contributed by atoms with van der Waals surface area (Å²) in [7, 11) is 4.04. The summed E-state index contributed by atoms with van der Waals surface area (Å²) in [6, 6.07) is 13.1. The number of hydrogen-bond acceptors (Lipinski definition) is 4. The Kier molecular flexibility index (Phi) is 6.22. The van der Waals surface area contributed by atoms with Crippen molar-refractivity contribution >= 4 is 34.2 Å². The molecule has 142 valence electrons. The van der Waals surface area contributed by atoms with E-state index in [4.69, 9.17) is 27.6 Å². The van der Waals surface area contributed by atoms with Gasteiger partial charge in [0.05, 0.1) is 0 Å². The Morgan fingerprint density at radius 1 is 1.11 bits per heavy atom. The Morgan fingerprint density at radius 2 is 1.85 bits per heavy atom. The normalized spacial score (nSPS) is 12.7. The molecule has 0 saturated heterocycles. The minimum absolute atomic E-state index is 0.107. The molecule has 2 aromatic carbocycles. The third kappa shape index (κ3) is 4.53. The molecule has 0 saturated carbocycles. The van der Waals surface area contributed by atoms with Crippen LogP contribution in [0.1, 0.15) is 22.7 Å². The molecule has 1 N–H and O–H groups in total. The molecule has 0 unspecified atom stereocenters. The van der Waals surface area contributed by atoms with Crippen LogP contribution in [0.5, 0.6) is 0 Å². The van der Waals surface area contributed by atoms with Gasteiger partial charge in [0.15, 0.2) is 0 Å². The van der Waals surface area contributed by atoms with Crippen LogP contribution in [-0.4, -0.2) is 25.5 Å². The quantitative estimate of drug-likeness (QED) is 0.599. The summed E-state index contributed by atoms with van der Waals surface area (Å²) in [4.78, 5) is 14.0. The number of fused-ring (bicyclic) bond motifs is 1. The zero-order valence-corrected chi connectivity index (χ0v) is 17.1. The van der Waals surface area contributed by atoms with E-state index in [9.17, 15) is 4.79 Å². The first kappa shape index (κ1) is 19.9. The van der Waals surface area contributed by atoms with E-state index in [1.807, 2.05) is 51.4 Å². The number of benzene rings is 2. The number of aryl methyl sites for hydroxylation is 1. The van der Waals surface area contributed by atoms with Gasteiger partial charge in [0.2, 0.25) is 0 Å². The SMILES string of the molecule is Cc1cc2oc(=O)cc(CNC[C@@H](c3ccccc3Cl)N(C)C)c2cc1Cl. The van der Waals surface area contributed by atoms with Gasteiger partial charge in [0.25, 0.3) is 0 Å². The minimum Gasteiger partial charge on any atom is -0.423 e. The van der Waals surface area contributed by atoms with E-state index in [0.717, 1.165) is 27.1 Å². The summed E-state index contributed by atoms with van der Waals surface area (Å²) in [6.45, 7) is 3.09. The molecule has 0 fully saturated rings. The predicted molar refractivity (Wildman–Crippen MR) is 112 cm³/mol. The van der Waals surface area contributed by atoms with Gasteiger partial charge in [-0.1, -0.05) is 41.4 Å². The van der Waals surface area contributed by atoms with E-state index in [-0.39, 0.29) is 11.7 Å². The Morgan fingerprint density at radius 3 is 2.56 bits per heavy atom. The monoisotopic (exact) mass is 404 g/mol. The molecule has 3 rings (SSSR count). The molecule has 1 heterocycles. The molecule has 4 nitrogen and oxygen atoms in total. The highest BCUT2D eigenvalue weighted by Gasteiger charge is 2.17. The van der Waals surface area contributed by atoms with E-state index in [2.05, 4.69) is 10.2 Å². The second kappa shape index (κ2) is 8.44. The molecular formula is C21H22Cl2N2O2. The largest absolute Gasteiger partial charge is 0.423 e. The number of likely N-dealkylation sites (N-methyl/N-ethyl adjacent to an activating group) is 1. The highest BCUT2D eigenvalue weighted by Crippen LogP contribution is 2.27. The molecular weight excluding hydrogens is 383 g/mol. The van der Waals surface area contributed by atoms with Gasteiger partial charge in [-0.2, -0.15) is 0 Å². The van der Waals surface area contributed by atoms with Crippen molar-refractivity contribution in [2.45, 2.75) is 19.5 Å². The molecule has 0 aliphatic heterocycles. The van der Waals surface area contributed by atoms with Crippen LogP contribution in [0.3, 0.4) is 0 Å². The number of hydrogen-bond donors (Lipinski definition) is 1. The van der Waals surface area contributed by atoms with Gasteiger partial charge >= 0.3 is 5.63 Å². The Labute approximate surface area is 168 Å². The lowest BCUT2D eigenvalue weighted by atomic mass is 10.1. The summed E-state index contributed by atoms with van der Waals surface area (Å²) in [5, 5.41) is 5.68. The molecule has 6 heteroatoms. The van der Waals surface area contributed by atoms with Crippen molar-refractivity contribution in [3.05, 3.63) is 79.6 Å². The average Bonchev–Trinajstić information content (AvgIpc) is 2.61. The molecule has 0 aliphatic rings. The van der Waals surface area contributed by atoms with E-state index in [1.165, 1.54) is 6.07 Å². The van der Waals surface area contributed by atoms with Crippen LogP contribution in [0, 0.1) is 6.92 Å². The molecule has 3 aromatic rings. The molecule has 0 radical (unpaired) electrons. The van der Waals surface area contributed by atoms with Crippen LogP contribution in [0.25, 0.3) is 11.0 Å². The van der Waals surface area contributed by atoms with Gasteiger partial charge in [-0.3, -0.25) is 0 Å². The maximum atomic E-state index is 11.9. The third-order valence-electron chi connectivity index (χ3n) is 4.65. The Bertz CT molecular complexity index is 1010. The Balaban J connectivity index is 1.83. The van der Waals surface area contributed by atoms with Gasteiger partial charge in [0.1, 0.15) is 5.58 Å². The average molecular weight is 405 g/mol. The van der Waals surface area contributed by atoms with Crippen LogP contribution in [0.15, 0.2) is 51.7 Å². The smallest absolute Gasteiger partial charge is 0.336 e. The first-order valence-corrected chi connectivity index (χ1v) is 9.47. The fourth-order valence-electron chi connectivity index (χ4n) is 3.15. The summed E-state index contributed by atoms with van der Waals surface area (Å²) < 4.78 is 5.32. The lowest BCUT2D eigenvalue weighted by molar-refractivity contribution is 0.288. The minimum atomic E-state index is -0.365. The van der Waals surface area contributed by atoms with Gasteiger partial charge in [-0.05, 0) is 55.9 Å². The fourth-order valence-corrected chi connectivity index (χ4v) is 3.58. The summed E-state index contributed by atoms with van der Waals surface area (Å²) >= 11 is 12.6. The molecule has 0 amide bonds. The molecule has 0 spiro atoms. The molecule has 27 heavy (non-hydrogen) atoms. The van der Waals surface area contributed by atoms with Crippen molar-refractivity contribution in [3.63, 3.8) is 0 Å². The van der Waals surface area contributed by atoms with Gasteiger partial charge in [0, 0.05) is 40.6 Å². The van der Waals surface area contributed by atoms with Crippen molar-refractivity contribution in [2.75, 3.05) is 20.6 Å². The van der Waals surface area contributed by atoms with Crippen LogP contribution in [0.4, 0.5) is 0 Å². The van der Waals surface area contributed by atoms with Gasteiger partial charge in [-0.25, -0.2) is 4.79 Å². The zero-order valence-electron chi connectivity index (χ0n) is 15.6. The van der Waals surface area contributed by atoms with Crippen molar-refractivity contribution in [3.8, 4) is 0 Å². The summed E-state index contributed by atoms with van der Waals surface area (Å²) in [6.07, 6.45) is 0. The fraction of sp³-hybridized carbons (Fsp3) is 0.286. The molecule has 0 bridgehead atoms. The number of nitrogens with zero attached hydrogens (tertiary/aromatic N) is 1. The number of rotatable bonds is 6. The number of nitrogens with one attached hydrogen (secondary N) is 1. The highest BCUT2D eigenvalue weighted by molar-refractivity contribution is 6.32. The second-order valence-electron chi connectivity index (χ2n) is 6.82. The molecule has 1 atom stereocenters. The summed E-state index contributed by atoms with van der Waals surface area (Å²) in [5.74, 6) is 0. The lowest BCUT2D eigenvalue weighted by Gasteiger charge is -2.26. The van der Waals surface area contributed by atoms with Crippen molar-refractivity contribution < 1.29 is 4.42 Å². The topological polar surface area (TPSA) is 45.5 Å². The molecule has 1 aromatic heterocycles. The van der Waals surface area contributed by atoms with Crippen LogP contribution in [0.2, 0.25) is 10.0 Å². The van der Waals surface area contributed by atoms with Gasteiger partial charge in [-0.15, -0.1) is 0 Å². The maximum Gasteiger partial charge on any atom is 0.336 e.